The number of carbonyl (C=O) groups excluding carboxylic acids is 2. The number of carbonyl (C=O) groups is 2. The number of nitrogens with one attached hydrogen (secondary N) is 2. The Balaban J connectivity index is 0.00000280. The monoisotopic (exact) mass is 505 g/mol. The molecule has 28 heavy (non-hydrogen) atoms. The highest BCUT2D eigenvalue weighted by Crippen LogP contribution is 2.40. The molecule has 2 aliphatic heterocycles. The van der Waals surface area contributed by atoms with Gasteiger partial charge in [-0.1, -0.05) is 12.8 Å². The molecule has 1 aliphatic carbocycles. The molecular formula is C20H36IN5O2. The third-order valence-electron chi connectivity index (χ3n) is 6.44. The summed E-state index contributed by atoms with van der Waals surface area (Å²) in [5.41, 5.74) is -0.307. The van der Waals surface area contributed by atoms with Gasteiger partial charge in [0.05, 0.1) is 12.0 Å². The molecule has 1 spiro atoms. The maximum atomic E-state index is 12.8. The molecular weight excluding hydrogens is 469 g/mol. The van der Waals surface area contributed by atoms with E-state index < -0.39 is 0 Å². The number of rotatable bonds is 4. The fourth-order valence-corrected chi connectivity index (χ4v) is 5.05. The zero-order chi connectivity index (χ0) is 19.5. The normalized spacial score (nSPS) is 26.8. The summed E-state index contributed by atoms with van der Waals surface area (Å²) in [4.78, 5) is 33.6. The van der Waals surface area contributed by atoms with Gasteiger partial charge < -0.3 is 20.4 Å². The van der Waals surface area contributed by atoms with Gasteiger partial charge in [0.25, 0.3) is 0 Å². The molecule has 0 bridgehead atoms. The predicted octanol–water partition coefficient (Wildman–Crippen LogP) is 1.82. The first-order chi connectivity index (χ1) is 12.9. The van der Waals surface area contributed by atoms with Crippen LogP contribution in [0.3, 0.4) is 0 Å². The first-order valence-electron chi connectivity index (χ1n) is 10.4. The van der Waals surface area contributed by atoms with Crippen molar-refractivity contribution in [2.75, 3.05) is 46.8 Å². The van der Waals surface area contributed by atoms with Crippen molar-refractivity contribution in [1.29, 1.82) is 0 Å². The van der Waals surface area contributed by atoms with Crippen LogP contribution in [0.1, 0.15) is 51.9 Å². The fourth-order valence-electron chi connectivity index (χ4n) is 5.05. The molecule has 0 aromatic heterocycles. The highest BCUT2D eigenvalue weighted by atomic mass is 127. The number of aliphatic imine (C=N–C) groups is 1. The molecule has 3 rings (SSSR count). The standard InChI is InChI=1S/C20H35N5O2.HI/c1-4-21-18(23-14-20(9-5-6-10-20)17(27)24(2)3)25-11-7-8-19(15-25)12-16(26)22-13-19;/h4-15H2,1-3H3,(H,21,23)(H,22,26);1H. The van der Waals surface area contributed by atoms with Crippen molar-refractivity contribution < 1.29 is 9.59 Å². The van der Waals surface area contributed by atoms with E-state index in [-0.39, 0.29) is 46.6 Å². The molecule has 3 aliphatic rings. The molecule has 2 heterocycles. The third kappa shape index (κ3) is 4.91. The summed E-state index contributed by atoms with van der Waals surface area (Å²) < 4.78 is 0. The average molecular weight is 505 g/mol. The number of amides is 2. The molecule has 3 fully saturated rings. The van der Waals surface area contributed by atoms with E-state index in [0.29, 0.717) is 13.0 Å². The molecule has 2 amide bonds. The van der Waals surface area contributed by atoms with Crippen LogP contribution in [-0.2, 0) is 9.59 Å². The molecule has 160 valence electrons. The zero-order valence-electron chi connectivity index (χ0n) is 17.6. The van der Waals surface area contributed by atoms with E-state index in [4.69, 9.17) is 4.99 Å². The van der Waals surface area contributed by atoms with Crippen LogP contribution in [-0.4, -0.2) is 74.4 Å². The second-order valence-electron chi connectivity index (χ2n) is 8.84. The lowest BCUT2D eigenvalue weighted by Gasteiger charge is -2.41. The van der Waals surface area contributed by atoms with E-state index in [0.717, 1.165) is 70.7 Å². The Morgan fingerprint density at radius 3 is 2.54 bits per heavy atom. The van der Waals surface area contributed by atoms with Gasteiger partial charge in [-0.05, 0) is 32.6 Å². The van der Waals surface area contributed by atoms with Crippen molar-refractivity contribution in [1.82, 2.24) is 20.4 Å². The summed E-state index contributed by atoms with van der Waals surface area (Å²) in [6.45, 7) is 6.00. The van der Waals surface area contributed by atoms with E-state index in [1.165, 1.54) is 0 Å². The third-order valence-corrected chi connectivity index (χ3v) is 6.44. The van der Waals surface area contributed by atoms with Gasteiger partial charge in [0, 0.05) is 52.1 Å². The van der Waals surface area contributed by atoms with Gasteiger partial charge in [-0.15, -0.1) is 24.0 Å². The first kappa shape index (κ1) is 23.2. The summed E-state index contributed by atoms with van der Waals surface area (Å²) in [7, 11) is 3.69. The highest BCUT2D eigenvalue weighted by Gasteiger charge is 2.44. The Kier molecular flexibility index (Phi) is 7.98. The van der Waals surface area contributed by atoms with Crippen molar-refractivity contribution in [3.63, 3.8) is 0 Å². The van der Waals surface area contributed by atoms with Crippen LogP contribution in [0.2, 0.25) is 0 Å². The zero-order valence-corrected chi connectivity index (χ0v) is 19.9. The minimum absolute atomic E-state index is 0. The minimum Gasteiger partial charge on any atom is -0.357 e. The van der Waals surface area contributed by atoms with Crippen molar-refractivity contribution in [2.24, 2.45) is 15.8 Å². The average Bonchev–Trinajstić information content (AvgIpc) is 3.26. The summed E-state index contributed by atoms with van der Waals surface area (Å²) in [5.74, 6) is 1.27. The molecule has 7 nitrogen and oxygen atoms in total. The van der Waals surface area contributed by atoms with Crippen molar-refractivity contribution in [3.05, 3.63) is 0 Å². The van der Waals surface area contributed by atoms with Gasteiger partial charge in [-0.3, -0.25) is 14.6 Å². The molecule has 1 saturated carbocycles. The number of likely N-dealkylation sites (tertiary alicyclic amines) is 1. The van der Waals surface area contributed by atoms with Crippen LogP contribution < -0.4 is 10.6 Å². The molecule has 2 saturated heterocycles. The molecule has 1 unspecified atom stereocenters. The van der Waals surface area contributed by atoms with Crippen LogP contribution in [0.4, 0.5) is 0 Å². The lowest BCUT2D eigenvalue weighted by Crippen LogP contribution is -2.52. The lowest BCUT2D eigenvalue weighted by atomic mass is 9.79. The Bertz CT molecular complexity index is 603. The number of hydrogen-bond donors (Lipinski definition) is 2. The SMILES string of the molecule is CCNC(=NCC1(C(=O)N(C)C)CCCC1)N1CCCC2(CNC(=O)C2)C1.I. The Labute approximate surface area is 186 Å². The van der Waals surface area contributed by atoms with Crippen molar-refractivity contribution in [2.45, 2.75) is 51.9 Å². The Morgan fingerprint density at radius 2 is 1.96 bits per heavy atom. The second-order valence-corrected chi connectivity index (χ2v) is 8.84. The minimum atomic E-state index is -0.345. The highest BCUT2D eigenvalue weighted by molar-refractivity contribution is 14.0. The van der Waals surface area contributed by atoms with Crippen LogP contribution in [0.5, 0.6) is 0 Å². The lowest BCUT2D eigenvalue weighted by molar-refractivity contribution is -0.138. The fraction of sp³-hybridized carbons (Fsp3) is 0.850. The van der Waals surface area contributed by atoms with Gasteiger partial charge in [-0.25, -0.2) is 0 Å². The van der Waals surface area contributed by atoms with Gasteiger partial charge >= 0.3 is 0 Å². The largest absolute Gasteiger partial charge is 0.357 e. The number of hydrogen-bond acceptors (Lipinski definition) is 3. The molecule has 8 heteroatoms. The van der Waals surface area contributed by atoms with Gasteiger partial charge in [-0.2, -0.15) is 0 Å². The van der Waals surface area contributed by atoms with Crippen LogP contribution in [0.15, 0.2) is 4.99 Å². The summed E-state index contributed by atoms with van der Waals surface area (Å²) in [6.07, 6.45) is 6.83. The first-order valence-corrected chi connectivity index (χ1v) is 10.4. The van der Waals surface area contributed by atoms with E-state index in [9.17, 15) is 9.59 Å². The number of halogens is 1. The van der Waals surface area contributed by atoms with Gasteiger partial charge in [0.15, 0.2) is 5.96 Å². The van der Waals surface area contributed by atoms with Crippen molar-refractivity contribution in [3.8, 4) is 0 Å². The summed E-state index contributed by atoms with van der Waals surface area (Å²) in [5, 5.41) is 6.43. The Hall–Kier alpha value is -1.06. The molecule has 2 N–H and O–H groups in total. The van der Waals surface area contributed by atoms with Crippen LogP contribution in [0, 0.1) is 10.8 Å². The molecule has 0 aromatic carbocycles. The van der Waals surface area contributed by atoms with Gasteiger partial charge in [0.1, 0.15) is 0 Å². The maximum Gasteiger partial charge on any atom is 0.230 e. The summed E-state index contributed by atoms with van der Waals surface area (Å²) >= 11 is 0. The van der Waals surface area contributed by atoms with E-state index in [1.807, 2.05) is 14.1 Å². The Morgan fingerprint density at radius 1 is 1.25 bits per heavy atom. The molecule has 0 radical (unpaired) electrons. The quantitative estimate of drug-likeness (QED) is 0.347. The predicted molar refractivity (Wildman–Crippen MR) is 122 cm³/mol. The molecule has 1 atom stereocenters. The summed E-state index contributed by atoms with van der Waals surface area (Å²) in [6, 6.07) is 0. The van der Waals surface area contributed by atoms with Gasteiger partial charge in [0.2, 0.25) is 11.8 Å². The van der Waals surface area contributed by atoms with Crippen LogP contribution >= 0.6 is 24.0 Å². The smallest absolute Gasteiger partial charge is 0.230 e. The molecule has 0 aromatic rings. The van der Waals surface area contributed by atoms with Crippen LogP contribution in [0.25, 0.3) is 0 Å². The van der Waals surface area contributed by atoms with E-state index >= 15 is 0 Å². The van der Waals surface area contributed by atoms with Crippen molar-refractivity contribution >= 4 is 41.8 Å². The number of piperidine rings is 1. The van der Waals surface area contributed by atoms with E-state index in [2.05, 4.69) is 22.5 Å². The second kappa shape index (κ2) is 9.63. The topological polar surface area (TPSA) is 77.0 Å². The number of nitrogens with zero attached hydrogens (tertiary/aromatic N) is 3. The number of guanidine groups is 1. The van der Waals surface area contributed by atoms with E-state index in [1.54, 1.807) is 4.90 Å². The maximum absolute atomic E-state index is 12.8.